The molecule has 0 aliphatic rings. The molecule has 1 heterocycles. The molecule has 5 heteroatoms. The van der Waals surface area contributed by atoms with Gasteiger partial charge in [-0.2, -0.15) is 5.10 Å². The number of rotatable bonds is 6. The normalized spacial score (nSPS) is 12.6. The van der Waals surface area contributed by atoms with Crippen LogP contribution in [0, 0.1) is 0 Å². The van der Waals surface area contributed by atoms with E-state index in [1.807, 2.05) is 29.1 Å². The Balaban J connectivity index is 2.45. The van der Waals surface area contributed by atoms with E-state index in [-0.39, 0.29) is 6.04 Å². The standard InChI is InChI=1S/C15H19Cl2N3/c1-3-10-20-13(8-9-19-20)15(18-4-2)11-6-5-7-12(16)14(11)17/h5-9,15,18H,3-4,10H2,1-2H3. The van der Waals surface area contributed by atoms with Crippen molar-refractivity contribution in [2.45, 2.75) is 32.9 Å². The quantitative estimate of drug-likeness (QED) is 0.862. The second-order valence-electron chi connectivity index (χ2n) is 4.61. The maximum absolute atomic E-state index is 6.37. The number of nitrogens with one attached hydrogen (secondary N) is 1. The van der Waals surface area contributed by atoms with Gasteiger partial charge < -0.3 is 5.32 Å². The van der Waals surface area contributed by atoms with Crippen LogP contribution in [0.1, 0.15) is 37.6 Å². The minimum absolute atomic E-state index is 0.000231. The highest BCUT2D eigenvalue weighted by Crippen LogP contribution is 2.33. The number of hydrogen-bond donors (Lipinski definition) is 1. The zero-order chi connectivity index (χ0) is 14.5. The number of halogens is 2. The predicted molar refractivity (Wildman–Crippen MR) is 84.5 cm³/mol. The lowest BCUT2D eigenvalue weighted by molar-refractivity contribution is 0.520. The minimum atomic E-state index is 0.000231. The van der Waals surface area contributed by atoms with Crippen molar-refractivity contribution in [3.05, 3.63) is 51.8 Å². The highest BCUT2D eigenvalue weighted by Gasteiger charge is 2.20. The van der Waals surface area contributed by atoms with Gasteiger partial charge in [0, 0.05) is 12.7 Å². The van der Waals surface area contributed by atoms with Crippen LogP contribution < -0.4 is 5.32 Å². The summed E-state index contributed by atoms with van der Waals surface area (Å²) in [5.41, 5.74) is 2.09. The molecule has 1 N–H and O–H groups in total. The van der Waals surface area contributed by atoms with Crippen LogP contribution in [0.25, 0.3) is 0 Å². The van der Waals surface area contributed by atoms with Crippen molar-refractivity contribution in [2.75, 3.05) is 6.54 Å². The van der Waals surface area contributed by atoms with Crippen molar-refractivity contribution in [1.29, 1.82) is 0 Å². The lowest BCUT2D eigenvalue weighted by atomic mass is 10.0. The van der Waals surface area contributed by atoms with Gasteiger partial charge in [-0.3, -0.25) is 4.68 Å². The SMILES string of the molecule is CCCn1nccc1C(NCC)c1cccc(Cl)c1Cl. The van der Waals surface area contributed by atoms with Crippen molar-refractivity contribution < 1.29 is 0 Å². The maximum Gasteiger partial charge on any atom is 0.0763 e. The Hall–Kier alpha value is -1.03. The third-order valence-corrected chi connectivity index (χ3v) is 4.01. The second-order valence-corrected chi connectivity index (χ2v) is 5.40. The van der Waals surface area contributed by atoms with E-state index in [0.717, 1.165) is 30.8 Å². The van der Waals surface area contributed by atoms with E-state index in [1.54, 1.807) is 6.07 Å². The van der Waals surface area contributed by atoms with Crippen LogP contribution in [0.4, 0.5) is 0 Å². The first-order valence-corrected chi connectivity index (χ1v) is 7.63. The number of benzene rings is 1. The number of hydrogen-bond acceptors (Lipinski definition) is 2. The zero-order valence-electron chi connectivity index (χ0n) is 11.7. The first-order chi connectivity index (χ1) is 9.69. The van der Waals surface area contributed by atoms with Crippen LogP contribution in [0.15, 0.2) is 30.5 Å². The first-order valence-electron chi connectivity index (χ1n) is 6.88. The van der Waals surface area contributed by atoms with Crippen molar-refractivity contribution in [3.8, 4) is 0 Å². The molecule has 1 aromatic carbocycles. The van der Waals surface area contributed by atoms with Crippen LogP contribution in [0.2, 0.25) is 10.0 Å². The Morgan fingerprint density at radius 3 is 2.75 bits per heavy atom. The Morgan fingerprint density at radius 2 is 2.05 bits per heavy atom. The van der Waals surface area contributed by atoms with Gasteiger partial charge in [-0.25, -0.2) is 0 Å². The molecule has 108 valence electrons. The predicted octanol–water partition coefficient (Wildman–Crippen LogP) is 4.30. The second kappa shape index (κ2) is 7.11. The van der Waals surface area contributed by atoms with E-state index in [2.05, 4.69) is 24.3 Å². The van der Waals surface area contributed by atoms with Crippen LogP contribution in [-0.4, -0.2) is 16.3 Å². The molecule has 1 unspecified atom stereocenters. The van der Waals surface area contributed by atoms with Gasteiger partial charge in [-0.05, 0) is 30.7 Å². The fraction of sp³-hybridized carbons (Fsp3) is 0.400. The molecule has 0 fully saturated rings. The molecule has 0 aliphatic carbocycles. The molecule has 1 aromatic heterocycles. The molecular formula is C15H19Cl2N3. The lowest BCUT2D eigenvalue weighted by Crippen LogP contribution is -2.25. The van der Waals surface area contributed by atoms with Gasteiger partial charge in [0.25, 0.3) is 0 Å². The highest BCUT2D eigenvalue weighted by atomic mass is 35.5. The minimum Gasteiger partial charge on any atom is -0.305 e. The van der Waals surface area contributed by atoms with Crippen LogP contribution in [-0.2, 0) is 6.54 Å². The van der Waals surface area contributed by atoms with Gasteiger partial charge in [0.05, 0.1) is 21.8 Å². The van der Waals surface area contributed by atoms with Crippen molar-refractivity contribution in [1.82, 2.24) is 15.1 Å². The molecule has 0 radical (unpaired) electrons. The summed E-state index contributed by atoms with van der Waals surface area (Å²) in [7, 11) is 0. The fourth-order valence-electron chi connectivity index (χ4n) is 2.31. The largest absolute Gasteiger partial charge is 0.305 e. The van der Waals surface area contributed by atoms with E-state index in [0.29, 0.717) is 10.0 Å². The third-order valence-electron chi connectivity index (χ3n) is 3.18. The molecule has 0 bridgehead atoms. The van der Waals surface area contributed by atoms with Crippen LogP contribution in [0.3, 0.4) is 0 Å². The van der Waals surface area contributed by atoms with Crippen LogP contribution in [0.5, 0.6) is 0 Å². The smallest absolute Gasteiger partial charge is 0.0763 e. The molecular weight excluding hydrogens is 293 g/mol. The Bertz CT molecular complexity index is 566. The molecule has 2 aromatic rings. The van der Waals surface area contributed by atoms with Gasteiger partial charge in [0.2, 0.25) is 0 Å². The molecule has 0 saturated carbocycles. The van der Waals surface area contributed by atoms with Crippen LogP contribution >= 0.6 is 23.2 Å². The lowest BCUT2D eigenvalue weighted by Gasteiger charge is -2.21. The van der Waals surface area contributed by atoms with Crippen molar-refractivity contribution in [2.24, 2.45) is 0 Å². The van der Waals surface area contributed by atoms with E-state index in [9.17, 15) is 0 Å². The summed E-state index contributed by atoms with van der Waals surface area (Å²) in [4.78, 5) is 0. The maximum atomic E-state index is 6.37. The summed E-state index contributed by atoms with van der Waals surface area (Å²) in [6.45, 7) is 5.94. The molecule has 20 heavy (non-hydrogen) atoms. The average Bonchev–Trinajstić information content (AvgIpc) is 2.88. The number of nitrogens with zero attached hydrogens (tertiary/aromatic N) is 2. The molecule has 3 nitrogen and oxygen atoms in total. The van der Waals surface area contributed by atoms with E-state index < -0.39 is 0 Å². The molecule has 0 spiro atoms. The van der Waals surface area contributed by atoms with Crippen molar-refractivity contribution >= 4 is 23.2 Å². The fourth-order valence-corrected chi connectivity index (χ4v) is 2.73. The number of aryl methyl sites for hydroxylation is 1. The summed E-state index contributed by atoms with van der Waals surface area (Å²) < 4.78 is 2.02. The summed E-state index contributed by atoms with van der Waals surface area (Å²) >= 11 is 12.5. The molecule has 0 amide bonds. The summed E-state index contributed by atoms with van der Waals surface area (Å²) in [6.07, 6.45) is 2.87. The molecule has 2 rings (SSSR count). The van der Waals surface area contributed by atoms with E-state index in [4.69, 9.17) is 23.2 Å². The number of aromatic nitrogens is 2. The zero-order valence-corrected chi connectivity index (χ0v) is 13.2. The van der Waals surface area contributed by atoms with Gasteiger partial charge in [0.1, 0.15) is 0 Å². The van der Waals surface area contributed by atoms with E-state index >= 15 is 0 Å². The average molecular weight is 312 g/mol. The Labute approximate surface area is 129 Å². The molecule has 0 aliphatic heterocycles. The van der Waals surface area contributed by atoms with Gasteiger partial charge in [0.15, 0.2) is 0 Å². The first kappa shape index (κ1) is 15.4. The Kier molecular flexibility index (Phi) is 5.46. The molecule has 1 atom stereocenters. The molecule has 0 saturated heterocycles. The summed E-state index contributed by atoms with van der Waals surface area (Å²) in [5, 5.41) is 9.03. The Morgan fingerprint density at radius 1 is 1.25 bits per heavy atom. The van der Waals surface area contributed by atoms with Gasteiger partial charge in [-0.15, -0.1) is 0 Å². The summed E-state index contributed by atoms with van der Waals surface area (Å²) in [6, 6.07) is 7.76. The van der Waals surface area contributed by atoms with Crippen molar-refractivity contribution in [3.63, 3.8) is 0 Å². The third kappa shape index (κ3) is 3.17. The van der Waals surface area contributed by atoms with Gasteiger partial charge in [-0.1, -0.05) is 49.2 Å². The monoisotopic (exact) mass is 311 g/mol. The van der Waals surface area contributed by atoms with E-state index in [1.165, 1.54) is 0 Å². The summed E-state index contributed by atoms with van der Waals surface area (Å²) in [5.74, 6) is 0. The highest BCUT2D eigenvalue weighted by molar-refractivity contribution is 6.42. The topological polar surface area (TPSA) is 29.9 Å². The van der Waals surface area contributed by atoms with Gasteiger partial charge >= 0.3 is 0 Å².